The Morgan fingerprint density at radius 2 is 1.75 bits per heavy atom. The van der Waals surface area contributed by atoms with Crippen LogP contribution in [0.25, 0.3) is 0 Å². The molecular weight excluding hydrogens is 268 g/mol. The van der Waals surface area contributed by atoms with Crippen LogP contribution in [0.1, 0.15) is 30.9 Å². The summed E-state index contributed by atoms with van der Waals surface area (Å²) in [6.07, 6.45) is -0.330. The molecule has 0 aromatic heterocycles. The SMILES string of the molecule is CC(O)CSc1ccc(O)c(C(C)c2ccccc2)c1. The Kier molecular flexibility index (Phi) is 5.10. The highest BCUT2D eigenvalue weighted by molar-refractivity contribution is 7.99. The van der Waals surface area contributed by atoms with Crippen LogP contribution in [0, 0.1) is 0 Å². The summed E-state index contributed by atoms with van der Waals surface area (Å²) in [5, 5.41) is 19.4. The lowest BCUT2D eigenvalue weighted by Crippen LogP contribution is -2.02. The second kappa shape index (κ2) is 6.82. The lowest BCUT2D eigenvalue weighted by Gasteiger charge is -2.15. The van der Waals surface area contributed by atoms with E-state index < -0.39 is 0 Å². The van der Waals surface area contributed by atoms with Crippen LogP contribution in [0.2, 0.25) is 0 Å². The van der Waals surface area contributed by atoms with Gasteiger partial charge in [-0.2, -0.15) is 0 Å². The number of aliphatic hydroxyl groups excluding tert-OH is 1. The molecule has 20 heavy (non-hydrogen) atoms. The molecule has 0 aliphatic rings. The molecule has 0 saturated carbocycles. The van der Waals surface area contributed by atoms with Crippen molar-refractivity contribution in [1.29, 1.82) is 0 Å². The predicted octanol–water partition coefficient (Wildman–Crippen LogP) is 4.02. The largest absolute Gasteiger partial charge is 0.508 e. The van der Waals surface area contributed by atoms with Crippen LogP contribution in [0.5, 0.6) is 5.75 Å². The molecule has 0 radical (unpaired) electrons. The lowest BCUT2D eigenvalue weighted by molar-refractivity contribution is 0.220. The molecule has 2 atom stereocenters. The predicted molar refractivity (Wildman–Crippen MR) is 84.5 cm³/mol. The Morgan fingerprint density at radius 1 is 1.05 bits per heavy atom. The third-order valence-corrected chi connectivity index (χ3v) is 4.49. The topological polar surface area (TPSA) is 40.5 Å². The molecule has 0 bridgehead atoms. The second-order valence-electron chi connectivity index (χ2n) is 5.01. The van der Waals surface area contributed by atoms with Gasteiger partial charge in [0.1, 0.15) is 5.75 Å². The van der Waals surface area contributed by atoms with Crippen molar-refractivity contribution < 1.29 is 10.2 Å². The smallest absolute Gasteiger partial charge is 0.119 e. The van der Waals surface area contributed by atoms with Gasteiger partial charge in [-0.3, -0.25) is 0 Å². The average molecular weight is 288 g/mol. The van der Waals surface area contributed by atoms with Crippen molar-refractivity contribution in [3.8, 4) is 5.75 Å². The van der Waals surface area contributed by atoms with Crippen LogP contribution in [0.15, 0.2) is 53.4 Å². The third-order valence-electron chi connectivity index (χ3n) is 3.26. The van der Waals surface area contributed by atoms with Crippen molar-refractivity contribution in [3.63, 3.8) is 0 Å². The molecule has 2 nitrogen and oxygen atoms in total. The van der Waals surface area contributed by atoms with Gasteiger partial charge in [-0.05, 0) is 30.7 Å². The molecule has 2 N–H and O–H groups in total. The number of hydrogen-bond donors (Lipinski definition) is 2. The number of phenols is 1. The van der Waals surface area contributed by atoms with E-state index in [9.17, 15) is 10.2 Å². The van der Waals surface area contributed by atoms with Crippen molar-refractivity contribution in [2.24, 2.45) is 0 Å². The molecular formula is C17H20O2S. The minimum atomic E-state index is -0.330. The van der Waals surface area contributed by atoms with E-state index >= 15 is 0 Å². The van der Waals surface area contributed by atoms with Gasteiger partial charge in [0.05, 0.1) is 6.10 Å². The summed E-state index contributed by atoms with van der Waals surface area (Å²) in [4.78, 5) is 1.07. The van der Waals surface area contributed by atoms with Gasteiger partial charge in [-0.25, -0.2) is 0 Å². The molecule has 0 spiro atoms. The van der Waals surface area contributed by atoms with Crippen LogP contribution >= 0.6 is 11.8 Å². The molecule has 0 saturated heterocycles. The van der Waals surface area contributed by atoms with Gasteiger partial charge < -0.3 is 10.2 Å². The van der Waals surface area contributed by atoms with Crippen molar-refractivity contribution in [3.05, 3.63) is 59.7 Å². The molecule has 2 aromatic carbocycles. The number of rotatable bonds is 5. The Balaban J connectivity index is 2.24. The Hall–Kier alpha value is -1.45. The number of aliphatic hydroxyl groups is 1. The molecule has 0 aliphatic heterocycles. The molecule has 2 aromatic rings. The molecule has 0 amide bonds. The zero-order valence-corrected chi connectivity index (χ0v) is 12.6. The third kappa shape index (κ3) is 3.78. The lowest BCUT2D eigenvalue weighted by atomic mass is 9.92. The molecule has 2 unspecified atom stereocenters. The van der Waals surface area contributed by atoms with E-state index in [2.05, 4.69) is 19.1 Å². The van der Waals surface area contributed by atoms with Crippen LogP contribution in [-0.2, 0) is 0 Å². The zero-order chi connectivity index (χ0) is 14.5. The standard InChI is InChI=1S/C17H20O2S/c1-12(18)11-20-15-8-9-17(19)16(10-15)13(2)14-6-4-3-5-7-14/h3-10,12-13,18-19H,11H2,1-2H3. The first-order valence-electron chi connectivity index (χ1n) is 6.76. The van der Waals surface area contributed by atoms with Crippen LogP contribution < -0.4 is 0 Å². The Bertz CT molecular complexity index is 552. The summed E-state index contributed by atoms with van der Waals surface area (Å²) in [5.74, 6) is 1.12. The van der Waals surface area contributed by atoms with E-state index in [4.69, 9.17) is 0 Å². The normalized spacial score (nSPS) is 13.9. The minimum absolute atomic E-state index is 0.142. The highest BCUT2D eigenvalue weighted by Crippen LogP contribution is 2.34. The van der Waals surface area contributed by atoms with E-state index in [1.165, 1.54) is 5.56 Å². The summed E-state index contributed by atoms with van der Waals surface area (Å²) in [5.41, 5.74) is 2.10. The van der Waals surface area contributed by atoms with Crippen molar-refractivity contribution in [1.82, 2.24) is 0 Å². The highest BCUT2D eigenvalue weighted by atomic mass is 32.2. The first kappa shape index (κ1) is 14.9. The summed E-state index contributed by atoms with van der Waals surface area (Å²) in [6.45, 7) is 3.87. The fourth-order valence-corrected chi connectivity index (χ4v) is 2.92. The quantitative estimate of drug-likeness (QED) is 0.816. The second-order valence-corrected chi connectivity index (χ2v) is 6.11. The number of benzene rings is 2. The van der Waals surface area contributed by atoms with Gasteiger partial charge in [0.15, 0.2) is 0 Å². The Labute approximate surface area is 124 Å². The molecule has 0 fully saturated rings. The van der Waals surface area contributed by atoms with E-state index in [0.717, 1.165) is 10.5 Å². The van der Waals surface area contributed by atoms with E-state index in [1.54, 1.807) is 24.8 Å². The van der Waals surface area contributed by atoms with Gasteiger partial charge in [0.25, 0.3) is 0 Å². The number of thioether (sulfide) groups is 1. The maximum Gasteiger partial charge on any atom is 0.119 e. The first-order chi connectivity index (χ1) is 9.58. The molecule has 0 aliphatic carbocycles. The molecule has 106 valence electrons. The van der Waals surface area contributed by atoms with Gasteiger partial charge >= 0.3 is 0 Å². The van der Waals surface area contributed by atoms with Crippen molar-refractivity contribution >= 4 is 11.8 Å². The molecule has 2 rings (SSSR count). The van der Waals surface area contributed by atoms with Crippen LogP contribution in [-0.4, -0.2) is 22.1 Å². The molecule has 0 heterocycles. The van der Waals surface area contributed by atoms with Crippen molar-refractivity contribution in [2.75, 3.05) is 5.75 Å². The van der Waals surface area contributed by atoms with Crippen molar-refractivity contribution in [2.45, 2.75) is 30.8 Å². The summed E-state index contributed by atoms with van der Waals surface area (Å²) in [7, 11) is 0. The number of phenolic OH excluding ortho intramolecular Hbond substituents is 1. The Morgan fingerprint density at radius 3 is 2.40 bits per heavy atom. The van der Waals surface area contributed by atoms with Crippen LogP contribution in [0.4, 0.5) is 0 Å². The molecule has 3 heteroatoms. The maximum atomic E-state index is 10.1. The average Bonchev–Trinajstić information content (AvgIpc) is 2.46. The van der Waals surface area contributed by atoms with Gasteiger partial charge in [0.2, 0.25) is 0 Å². The van der Waals surface area contributed by atoms with Gasteiger partial charge in [-0.15, -0.1) is 11.8 Å². The number of aromatic hydroxyl groups is 1. The summed E-state index contributed by atoms with van der Waals surface area (Å²) < 4.78 is 0. The number of hydrogen-bond acceptors (Lipinski definition) is 3. The highest BCUT2D eigenvalue weighted by Gasteiger charge is 2.13. The summed E-state index contributed by atoms with van der Waals surface area (Å²) >= 11 is 1.60. The fourth-order valence-electron chi connectivity index (χ4n) is 2.11. The minimum Gasteiger partial charge on any atom is -0.508 e. The summed E-state index contributed by atoms with van der Waals surface area (Å²) in [6, 6.07) is 15.8. The van der Waals surface area contributed by atoms with E-state index in [0.29, 0.717) is 11.5 Å². The first-order valence-corrected chi connectivity index (χ1v) is 7.75. The van der Waals surface area contributed by atoms with E-state index in [-0.39, 0.29) is 12.0 Å². The van der Waals surface area contributed by atoms with Gasteiger partial charge in [-0.1, -0.05) is 37.3 Å². The fraction of sp³-hybridized carbons (Fsp3) is 0.294. The monoisotopic (exact) mass is 288 g/mol. The van der Waals surface area contributed by atoms with Crippen LogP contribution in [0.3, 0.4) is 0 Å². The zero-order valence-electron chi connectivity index (χ0n) is 11.8. The van der Waals surface area contributed by atoms with Gasteiger partial charge in [0, 0.05) is 22.1 Å². The maximum absolute atomic E-state index is 10.1. The van der Waals surface area contributed by atoms with E-state index in [1.807, 2.05) is 30.3 Å².